The minimum atomic E-state index is -0.363. The van der Waals surface area contributed by atoms with Crippen LogP contribution in [0.2, 0.25) is 0 Å². The second kappa shape index (κ2) is 9.72. The minimum Gasteiger partial charge on any atom is -0.484 e. The lowest BCUT2D eigenvalue weighted by atomic mass is 10.2. The third kappa shape index (κ3) is 5.68. The molecule has 1 unspecified atom stereocenters. The SMILES string of the molecule is CC(=O)N1CCCC1c1nc(CN(C)C(=O)COc2ccc(F)cc2)cc(N(C)C)n1. The lowest BCUT2D eigenvalue weighted by molar-refractivity contribution is -0.132. The second-order valence-corrected chi connectivity index (χ2v) is 7.83. The Bertz CT molecular complexity index is 935. The number of carbonyl (C=O) groups excluding carboxylic acids is 2. The summed E-state index contributed by atoms with van der Waals surface area (Å²) in [4.78, 5) is 39.0. The molecule has 1 fully saturated rings. The number of nitrogens with zero attached hydrogens (tertiary/aromatic N) is 5. The first-order valence-electron chi connectivity index (χ1n) is 10.2. The molecule has 2 amide bonds. The number of aromatic nitrogens is 2. The Balaban J connectivity index is 1.72. The standard InChI is InChI=1S/C22H28FN5O3/c1-15(29)28-11-5-6-19(28)22-24-17(12-20(25-22)26(2)3)13-27(4)21(30)14-31-18-9-7-16(23)8-10-18/h7-10,12,19H,5-6,11,13-14H2,1-4H3. The number of anilines is 1. The number of halogens is 1. The number of amides is 2. The molecule has 2 heterocycles. The third-order valence-electron chi connectivity index (χ3n) is 5.20. The van der Waals surface area contributed by atoms with Gasteiger partial charge in [0.1, 0.15) is 17.4 Å². The van der Waals surface area contributed by atoms with Gasteiger partial charge in [-0.05, 0) is 37.1 Å². The van der Waals surface area contributed by atoms with E-state index in [1.54, 1.807) is 18.9 Å². The third-order valence-corrected chi connectivity index (χ3v) is 5.20. The molecule has 0 saturated carbocycles. The van der Waals surface area contributed by atoms with Crippen LogP contribution < -0.4 is 9.64 Å². The fourth-order valence-corrected chi connectivity index (χ4v) is 3.49. The highest BCUT2D eigenvalue weighted by Gasteiger charge is 2.31. The topological polar surface area (TPSA) is 78.9 Å². The molecule has 166 valence electrons. The van der Waals surface area contributed by atoms with E-state index in [1.807, 2.05) is 25.1 Å². The number of hydrogen-bond donors (Lipinski definition) is 0. The summed E-state index contributed by atoms with van der Waals surface area (Å²) in [5, 5.41) is 0. The molecule has 1 atom stereocenters. The molecule has 1 aliphatic rings. The van der Waals surface area contributed by atoms with Crippen molar-refractivity contribution in [1.82, 2.24) is 19.8 Å². The molecule has 8 nitrogen and oxygen atoms in total. The van der Waals surface area contributed by atoms with Gasteiger partial charge in [0, 0.05) is 40.7 Å². The van der Waals surface area contributed by atoms with E-state index in [-0.39, 0.29) is 36.8 Å². The fraction of sp³-hybridized carbons (Fsp3) is 0.455. The van der Waals surface area contributed by atoms with Crippen molar-refractivity contribution < 1.29 is 18.7 Å². The van der Waals surface area contributed by atoms with Gasteiger partial charge in [0.05, 0.1) is 18.3 Å². The lowest BCUT2D eigenvalue weighted by Gasteiger charge is -2.24. The van der Waals surface area contributed by atoms with Gasteiger partial charge in [0.25, 0.3) is 5.91 Å². The number of carbonyl (C=O) groups is 2. The van der Waals surface area contributed by atoms with Gasteiger partial charge >= 0.3 is 0 Å². The molecule has 0 aliphatic carbocycles. The molecule has 9 heteroatoms. The molecule has 1 aliphatic heterocycles. The predicted molar refractivity (Wildman–Crippen MR) is 114 cm³/mol. The molecule has 0 N–H and O–H groups in total. The van der Waals surface area contributed by atoms with Crippen molar-refractivity contribution in [1.29, 1.82) is 0 Å². The molecule has 1 aromatic carbocycles. The van der Waals surface area contributed by atoms with Crippen molar-refractivity contribution in [2.24, 2.45) is 0 Å². The van der Waals surface area contributed by atoms with Gasteiger partial charge < -0.3 is 19.4 Å². The summed E-state index contributed by atoms with van der Waals surface area (Å²) in [6, 6.07) is 7.19. The molecular weight excluding hydrogens is 401 g/mol. The summed E-state index contributed by atoms with van der Waals surface area (Å²) in [6.45, 7) is 2.36. The van der Waals surface area contributed by atoms with Crippen LogP contribution in [0.5, 0.6) is 5.75 Å². The first kappa shape index (κ1) is 22.5. The van der Waals surface area contributed by atoms with Crippen LogP contribution in [0, 0.1) is 5.82 Å². The van der Waals surface area contributed by atoms with E-state index in [0.29, 0.717) is 23.8 Å². The molecule has 0 radical (unpaired) electrons. The molecule has 3 rings (SSSR count). The van der Waals surface area contributed by atoms with Crippen LogP contribution in [-0.4, -0.2) is 65.9 Å². The van der Waals surface area contributed by atoms with E-state index < -0.39 is 0 Å². The first-order chi connectivity index (χ1) is 14.7. The quantitative estimate of drug-likeness (QED) is 0.673. The fourth-order valence-electron chi connectivity index (χ4n) is 3.49. The van der Waals surface area contributed by atoms with Crippen molar-refractivity contribution in [2.45, 2.75) is 32.4 Å². The molecule has 31 heavy (non-hydrogen) atoms. The Morgan fingerprint density at radius 3 is 2.55 bits per heavy atom. The highest BCUT2D eigenvalue weighted by Crippen LogP contribution is 2.31. The maximum absolute atomic E-state index is 13.0. The summed E-state index contributed by atoms with van der Waals surface area (Å²) in [7, 11) is 5.45. The zero-order chi connectivity index (χ0) is 22.5. The van der Waals surface area contributed by atoms with E-state index in [9.17, 15) is 14.0 Å². The van der Waals surface area contributed by atoms with Crippen molar-refractivity contribution in [3.8, 4) is 5.75 Å². The van der Waals surface area contributed by atoms with Gasteiger partial charge in [0.15, 0.2) is 12.4 Å². The van der Waals surface area contributed by atoms with E-state index in [4.69, 9.17) is 4.74 Å². The number of benzene rings is 1. The van der Waals surface area contributed by atoms with E-state index in [1.165, 1.54) is 29.2 Å². The minimum absolute atomic E-state index is 0.00754. The normalized spacial score (nSPS) is 15.6. The van der Waals surface area contributed by atoms with Crippen molar-refractivity contribution in [3.63, 3.8) is 0 Å². The average molecular weight is 429 g/mol. The van der Waals surface area contributed by atoms with Gasteiger partial charge in [-0.15, -0.1) is 0 Å². The Kier molecular flexibility index (Phi) is 7.04. The Labute approximate surface area is 181 Å². The van der Waals surface area contributed by atoms with Crippen LogP contribution in [0.15, 0.2) is 30.3 Å². The van der Waals surface area contributed by atoms with Crippen molar-refractivity contribution in [3.05, 3.63) is 47.7 Å². The lowest BCUT2D eigenvalue weighted by Crippen LogP contribution is -2.32. The van der Waals surface area contributed by atoms with E-state index in [2.05, 4.69) is 9.97 Å². The molecule has 0 bridgehead atoms. The monoisotopic (exact) mass is 429 g/mol. The first-order valence-corrected chi connectivity index (χ1v) is 10.2. The van der Waals surface area contributed by atoms with Crippen LogP contribution in [0.4, 0.5) is 10.2 Å². The molecular formula is C22H28FN5O3. The van der Waals surface area contributed by atoms with Crippen molar-refractivity contribution >= 4 is 17.6 Å². The van der Waals surface area contributed by atoms with Crippen LogP contribution in [0.1, 0.15) is 37.3 Å². The summed E-state index contributed by atoms with van der Waals surface area (Å²) in [5.74, 6) is 1.15. The zero-order valence-corrected chi connectivity index (χ0v) is 18.3. The largest absolute Gasteiger partial charge is 0.484 e. The van der Waals surface area contributed by atoms with Gasteiger partial charge in [-0.3, -0.25) is 9.59 Å². The Morgan fingerprint density at radius 2 is 1.90 bits per heavy atom. The number of hydrogen-bond acceptors (Lipinski definition) is 6. The second-order valence-electron chi connectivity index (χ2n) is 7.83. The van der Waals surface area contributed by atoms with Gasteiger partial charge in [-0.2, -0.15) is 0 Å². The van der Waals surface area contributed by atoms with Gasteiger partial charge in [-0.1, -0.05) is 0 Å². The number of likely N-dealkylation sites (N-methyl/N-ethyl adjacent to an activating group) is 1. The summed E-state index contributed by atoms with van der Waals surface area (Å²) in [5.41, 5.74) is 0.682. The molecule has 1 saturated heterocycles. The summed E-state index contributed by atoms with van der Waals surface area (Å²) < 4.78 is 18.4. The van der Waals surface area contributed by atoms with Crippen LogP contribution in [0.25, 0.3) is 0 Å². The van der Waals surface area contributed by atoms with Crippen LogP contribution in [-0.2, 0) is 16.1 Å². The van der Waals surface area contributed by atoms with Crippen LogP contribution in [0.3, 0.4) is 0 Å². The number of likely N-dealkylation sites (tertiary alicyclic amines) is 1. The van der Waals surface area contributed by atoms with Gasteiger partial charge in [-0.25, -0.2) is 14.4 Å². The highest BCUT2D eigenvalue weighted by atomic mass is 19.1. The van der Waals surface area contributed by atoms with Crippen LogP contribution >= 0.6 is 0 Å². The molecule has 2 aromatic rings. The van der Waals surface area contributed by atoms with E-state index >= 15 is 0 Å². The Morgan fingerprint density at radius 1 is 1.19 bits per heavy atom. The predicted octanol–water partition coefficient (Wildman–Crippen LogP) is 2.40. The van der Waals surface area contributed by atoms with Gasteiger partial charge in [0.2, 0.25) is 5.91 Å². The number of ether oxygens (including phenoxy) is 1. The highest BCUT2D eigenvalue weighted by molar-refractivity contribution is 5.77. The maximum Gasteiger partial charge on any atom is 0.260 e. The number of rotatable bonds is 7. The maximum atomic E-state index is 13.0. The Hall–Kier alpha value is -3.23. The summed E-state index contributed by atoms with van der Waals surface area (Å²) in [6.07, 6.45) is 1.73. The summed E-state index contributed by atoms with van der Waals surface area (Å²) >= 11 is 0. The van der Waals surface area contributed by atoms with Crippen molar-refractivity contribution in [2.75, 3.05) is 39.2 Å². The average Bonchev–Trinajstić information content (AvgIpc) is 3.23. The zero-order valence-electron chi connectivity index (χ0n) is 18.3. The smallest absolute Gasteiger partial charge is 0.260 e. The molecule has 1 aromatic heterocycles. The molecule has 0 spiro atoms. The van der Waals surface area contributed by atoms with E-state index in [0.717, 1.165) is 18.7 Å².